The number of hydrogen-bond acceptors (Lipinski definition) is 12. The van der Waals surface area contributed by atoms with E-state index in [0.717, 1.165) is 159 Å². The van der Waals surface area contributed by atoms with Crippen molar-refractivity contribution in [3.63, 3.8) is 0 Å². The Morgan fingerprint density at radius 3 is 1.31 bits per heavy atom. The van der Waals surface area contributed by atoms with E-state index in [0.29, 0.717) is 43.7 Å². The van der Waals surface area contributed by atoms with Gasteiger partial charge in [-0.15, -0.1) is 0 Å². The Morgan fingerprint density at radius 2 is 0.755 bits per heavy atom. The predicted octanol–water partition coefficient (Wildman–Crippen LogP) is 25.2. The van der Waals surface area contributed by atoms with Crippen LogP contribution >= 0.6 is 0 Å². The van der Waals surface area contributed by atoms with Crippen molar-refractivity contribution in [2.75, 3.05) is 62.7 Å². The van der Waals surface area contributed by atoms with Crippen LogP contribution in [0.25, 0.3) is 66.1 Å². The van der Waals surface area contributed by atoms with Crippen LogP contribution in [0.2, 0.25) is 0 Å². The maximum absolute atomic E-state index is 6.58. The lowest BCUT2D eigenvalue weighted by Crippen LogP contribution is -2.28. The smallest absolute Gasteiger partial charge is 0.230 e. The van der Waals surface area contributed by atoms with Gasteiger partial charge in [-0.3, -0.25) is 0 Å². The molecule has 13 rings (SSSR count). The van der Waals surface area contributed by atoms with E-state index in [4.69, 9.17) is 56.8 Å². The number of methoxy groups -OCH3 is 6. The minimum atomic E-state index is 0.0840. The van der Waals surface area contributed by atoms with Crippen LogP contribution in [0.3, 0.4) is 0 Å². The van der Waals surface area contributed by atoms with Gasteiger partial charge in [0.2, 0.25) is 6.79 Å². The second kappa shape index (κ2) is 40.4. The summed E-state index contributed by atoms with van der Waals surface area (Å²) in [5, 5.41) is 5.13. The second-order valence-electron chi connectivity index (χ2n) is 28.1. The summed E-state index contributed by atoms with van der Waals surface area (Å²) < 4.78 is 71.0. The number of ether oxygens (including phenoxy) is 12. The molecule has 3 unspecified atom stereocenters. The summed E-state index contributed by atoms with van der Waals surface area (Å²) in [5.74, 6) is 10.3. The van der Waals surface area contributed by atoms with Gasteiger partial charge in [0.25, 0.3) is 0 Å². The Kier molecular flexibility index (Phi) is 29.4. The van der Waals surface area contributed by atoms with Crippen molar-refractivity contribution in [3.8, 4) is 108 Å². The van der Waals surface area contributed by atoms with Gasteiger partial charge in [-0.05, 0) is 228 Å². The van der Waals surface area contributed by atoms with E-state index in [9.17, 15) is 0 Å². The van der Waals surface area contributed by atoms with E-state index >= 15 is 0 Å². The van der Waals surface area contributed by atoms with Crippen molar-refractivity contribution < 1.29 is 56.8 Å². The van der Waals surface area contributed by atoms with Crippen molar-refractivity contribution in [3.05, 3.63) is 271 Å². The molecule has 1 saturated carbocycles. The molecule has 0 aliphatic heterocycles. The van der Waals surface area contributed by atoms with E-state index in [2.05, 4.69) is 181 Å². The monoisotopic (exact) mass is 1480 g/mol. The van der Waals surface area contributed by atoms with E-state index in [-0.39, 0.29) is 12.9 Å². The maximum atomic E-state index is 6.58. The molecule has 0 saturated heterocycles. The van der Waals surface area contributed by atoms with Gasteiger partial charge in [0.05, 0.1) is 74.7 Å². The molecule has 572 valence electrons. The molecule has 12 heteroatoms. The average molecular weight is 1480 g/mol. The Balaban J connectivity index is 0.000000165. The summed E-state index contributed by atoms with van der Waals surface area (Å²) in [6.07, 6.45) is 9.88. The lowest BCUT2D eigenvalue weighted by atomic mass is 9.94. The molecule has 110 heavy (non-hydrogen) atoms. The van der Waals surface area contributed by atoms with E-state index < -0.39 is 0 Å². The number of fused-ring (bicyclic) bond motifs is 2. The molecule has 1 aliphatic carbocycles. The summed E-state index contributed by atoms with van der Waals surface area (Å²) in [6.45, 7) is 15.3. The first-order valence-corrected chi connectivity index (χ1v) is 38.8. The molecule has 12 aromatic carbocycles. The lowest BCUT2D eigenvalue weighted by Gasteiger charge is -2.29. The summed E-state index contributed by atoms with van der Waals surface area (Å²) in [5.41, 5.74) is 12.8. The third-order valence-corrected chi connectivity index (χ3v) is 21.1. The van der Waals surface area contributed by atoms with E-state index in [1.165, 1.54) is 50.2 Å². The van der Waals surface area contributed by atoms with Crippen LogP contribution in [0.4, 0.5) is 0 Å². The van der Waals surface area contributed by atoms with Crippen molar-refractivity contribution in [2.24, 2.45) is 0 Å². The first-order chi connectivity index (χ1) is 53.8. The van der Waals surface area contributed by atoms with Crippen LogP contribution in [0.1, 0.15) is 139 Å². The van der Waals surface area contributed by atoms with Crippen molar-refractivity contribution in [1.29, 1.82) is 0 Å². The van der Waals surface area contributed by atoms with Gasteiger partial charge < -0.3 is 56.8 Å². The number of unbranched alkanes of at least 4 members (excludes halogenated alkanes) is 1. The lowest BCUT2D eigenvalue weighted by molar-refractivity contribution is -0.00618. The fourth-order valence-corrected chi connectivity index (χ4v) is 13.9. The predicted molar refractivity (Wildman–Crippen MR) is 449 cm³/mol. The van der Waals surface area contributed by atoms with Gasteiger partial charge in [0, 0.05) is 33.4 Å². The van der Waals surface area contributed by atoms with Crippen molar-refractivity contribution in [1.82, 2.24) is 0 Å². The van der Waals surface area contributed by atoms with Gasteiger partial charge >= 0.3 is 0 Å². The number of rotatable bonds is 32. The van der Waals surface area contributed by atoms with Gasteiger partial charge in [-0.25, -0.2) is 0 Å². The van der Waals surface area contributed by atoms with Crippen LogP contribution in [0.15, 0.2) is 249 Å². The highest BCUT2D eigenvalue weighted by atomic mass is 16.7. The second-order valence-corrected chi connectivity index (χ2v) is 28.1. The topological polar surface area (TPSA) is 111 Å². The standard InChI is InChI=1S/C36H42O6.C31H32O4.C31H34O2/c1-7-25(2)26-13-15-27(16-14-26)41-21-8-9-22-42-36-30(32-23-28(37-3)17-19-34(32)39-5)11-10-12-31(36)33-24-29(38-4)18-20-35(33)40-6;1-5-22(2)23-15-17-26(18-16-23)34-21-35-31-29(24-9-6-11-27(19-24)32-3)13-8-14-30(31)25-10-7-12-28(20-25)33-4;1-3-22(2)24-11-12-26-20-30(14-13-25(26)19-24)33-29-17-15-28(16-18-29)32-21-27-9-6-8-23-7-4-5-10-31(23)27/h10-20,23-25H,7-9,21-22H2,1-6H3;6-20,22H,5,21H2,1-4H3;4-14,19-20,22,28-29H,3,15-18,21H2,1-2H3. The molecule has 1 aliphatic rings. The SMILES string of the molecule is CCC(C)c1ccc(OCCCCOc2c(-c3cc(OC)ccc3OC)cccc2-c2cc(OC)ccc2OC)cc1.CCC(C)c1ccc(OCOc2c(-c3cccc(OC)c3)cccc2-c2cccc(OC)c2)cc1.CCC(C)c1ccc2cc(OC3CCC(OCc4cccc5ccccc45)CC3)ccc2c1. The molecule has 1 fully saturated rings. The third kappa shape index (κ3) is 21.0. The normalized spacial score (nSPS) is 13.9. The highest BCUT2D eigenvalue weighted by Crippen LogP contribution is 2.47. The molecular weight excluding hydrogens is 1370 g/mol. The maximum Gasteiger partial charge on any atom is 0.230 e. The molecule has 3 atom stereocenters. The molecule has 0 bridgehead atoms. The minimum Gasteiger partial charge on any atom is -0.497 e. The van der Waals surface area contributed by atoms with E-state index in [1.54, 1.807) is 42.7 Å². The molecular formula is C98H108O12. The Morgan fingerprint density at radius 1 is 0.318 bits per heavy atom. The Labute approximate surface area is 652 Å². The molecule has 0 amide bonds. The Bertz CT molecular complexity index is 4720. The summed E-state index contributed by atoms with van der Waals surface area (Å²) in [7, 11) is 9.98. The van der Waals surface area contributed by atoms with Gasteiger partial charge in [-0.2, -0.15) is 0 Å². The summed E-state index contributed by atoms with van der Waals surface area (Å²) in [4.78, 5) is 0. The van der Waals surface area contributed by atoms with Crippen LogP contribution in [0.5, 0.6) is 63.2 Å². The fraction of sp³-hybridized carbons (Fsp3) is 0.306. The fourth-order valence-electron chi connectivity index (χ4n) is 13.9. The third-order valence-electron chi connectivity index (χ3n) is 21.1. The first kappa shape index (κ1) is 79.9. The highest BCUT2D eigenvalue weighted by Gasteiger charge is 2.25. The molecule has 0 heterocycles. The minimum absolute atomic E-state index is 0.0840. The largest absolute Gasteiger partial charge is 0.497 e. The van der Waals surface area contributed by atoms with E-state index in [1.807, 2.05) is 109 Å². The molecule has 12 nitrogen and oxygen atoms in total. The van der Waals surface area contributed by atoms with Crippen LogP contribution in [0, 0.1) is 0 Å². The van der Waals surface area contributed by atoms with Crippen LogP contribution in [-0.2, 0) is 11.3 Å². The van der Waals surface area contributed by atoms with Gasteiger partial charge in [0.15, 0.2) is 0 Å². The van der Waals surface area contributed by atoms with Crippen LogP contribution < -0.4 is 52.1 Å². The highest BCUT2D eigenvalue weighted by molar-refractivity contribution is 5.89. The Hall–Kier alpha value is -11.1. The number of para-hydroxylation sites is 2. The molecule has 12 aromatic rings. The molecule has 0 radical (unpaired) electrons. The first-order valence-electron chi connectivity index (χ1n) is 38.8. The molecule has 0 aromatic heterocycles. The molecule has 0 N–H and O–H groups in total. The van der Waals surface area contributed by atoms with Gasteiger partial charge in [0.1, 0.15) is 63.2 Å². The molecule has 0 spiro atoms. The zero-order valence-electron chi connectivity index (χ0n) is 66.1. The average Bonchev–Trinajstić information content (AvgIpc) is 0.781. The van der Waals surface area contributed by atoms with Crippen molar-refractivity contribution in [2.45, 2.75) is 136 Å². The summed E-state index contributed by atoms with van der Waals surface area (Å²) >= 11 is 0. The van der Waals surface area contributed by atoms with Crippen molar-refractivity contribution >= 4 is 21.5 Å². The number of hydrogen-bond donors (Lipinski definition) is 0. The van der Waals surface area contributed by atoms with Gasteiger partial charge in [-0.1, -0.05) is 193 Å². The summed E-state index contributed by atoms with van der Waals surface area (Å²) in [6, 6.07) is 84.7. The quantitative estimate of drug-likeness (QED) is 0.0296. The zero-order chi connectivity index (χ0) is 77.1. The zero-order valence-corrected chi connectivity index (χ0v) is 66.1. The van der Waals surface area contributed by atoms with Crippen LogP contribution in [-0.4, -0.2) is 74.9 Å². The number of benzene rings is 12.